The van der Waals surface area contributed by atoms with Crippen LogP contribution in [0.25, 0.3) is 0 Å². The highest BCUT2D eigenvalue weighted by Gasteiger charge is 2.59. The van der Waals surface area contributed by atoms with Crippen molar-refractivity contribution in [3.05, 3.63) is 35.9 Å². The molecule has 1 aliphatic carbocycles. The minimum atomic E-state index is -0.872. The summed E-state index contributed by atoms with van der Waals surface area (Å²) in [6.45, 7) is 1.68. The van der Waals surface area contributed by atoms with Crippen LogP contribution in [-0.2, 0) is 20.9 Å². The fourth-order valence-corrected chi connectivity index (χ4v) is 3.91. The predicted molar refractivity (Wildman–Crippen MR) is 86.4 cm³/mol. The number of carboxylic acids is 1. The molecule has 1 spiro atoms. The van der Waals surface area contributed by atoms with Crippen LogP contribution in [0.15, 0.2) is 30.3 Å². The molecule has 3 rings (SSSR count). The van der Waals surface area contributed by atoms with Gasteiger partial charge in [0.05, 0.1) is 5.41 Å². The highest BCUT2D eigenvalue weighted by atomic mass is 16.5. The monoisotopic (exact) mass is 333 g/mol. The SMILES string of the molecule is O=C(NCC1(C(=O)O)CC2(CCOCC2)C1)OCc1ccccc1. The lowest BCUT2D eigenvalue weighted by Crippen LogP contribution is -2.58. The molecule has 1 aliphatic heterocycles. The van der Waals surface area contributed by atoms with Gasteiger partial charge in [-0.05, 0) is 36.7 Å². The number of carbonyl (C=O) groups excluding carboxylic acids is 1. The van der Waals surface area contributed by atoms with Gasteiger partial charge in [0.25, 0.3) is 0 Å². The van der Waals surface area contributed by atoms with E-state index in [0.29, 0.717) is 26.1 Å². The minimum absolute atomic E-state index is 0.0757. The van der Waals surface area contributed by atoms with Gasteiger partial charge in [-0.1, -0.05) is 30.3 Å². The van der Waals surface area contributed by atoms with E-state index in [1.54, 1.807) is 0 Å². The molecule has 6 nitrogen and oxygen atoms in total. The molecule has 1 aromatic carbocycles. The van der Waals surface area contributed by atoms with Crippen LogP contribution in [0.4, 0.5) is 4.79 Å². The molecule has 1 amide bonds. The normalized spacial score (nSPS) is 20.8. The fourth-order valence-electron chi connectivity index (χ4n) is 3.91. The Hall–Kier alpha value is -2.08. The Balaban J connectivity index is 1.48. The minimum Gasteiger partial charge on any atom is -0.481 e. The lowest BCUT2D eigenvalue weighted by atomic mass is 9.50. The van der Waals surface area contributed by atoms with E-state index in [0.717, 1.165) is 18.4 Å². The third kappa shape index (κ3) is 3.53. The predicted octanol–water partition coefficient (Wildman–Crippen LogP) is 2.57. The Bertz CT molecular complexity index is 587. The van der Waals surface area contributed by atoms with E-state index in [4.69, 9.17) is 9.47 Å². The van der Waals surface area contributed by atoms with Crippen LogP contribution in [-0.4, -0.2) is 36.9 Å². The van der Waals surface area contributed by atoms with Crippen molar-refractivity contribution in [3.8, 4) is 0 Å². The summed E-state index contributed by atoms with van der Waals surface area (Å²) < 4.78 is 10.5. The molecule has 1 saturated heterocycles. The number of hydrogen-bond acceptors (Lipinski definition) is 4. The van der Waals surface area contributed by atoms with Crippen molar-refractivity contribution in [1.29, 1.82) is 0 Å². The Labute approximate surface area is 141 Å². The molecule has 1 aromatic rings. The number of carbonyl (C=O) groups is 2. The van der Waals surface area contributed by atoms with Crippen molar-refractivity contribution in [2.24, 2.45) is 10.8 Å². The summed E-state index contributed by atoms with van der Waals surface area (Å²) in [4.78, 5) is 23.5. The molecule has 0 aromatic heterocycles. The fraction of sp³-hybridized carbons (Fsp3) is 0.556. The maximum atomic E-state index is 11.8. The molecule has 1 saturated carbocycles. The van der Waals surface area contributed by atoms with Crippen molar-refractivity contribution in [2.45, 2.75) is 32.3 Å². The standard InChI is InChI=1S/C18H23NO5/c20-15(21)18(11-17(12-18)6-8-23-9-7-17)13-19-16(22)24-10-14-4-2-1-3-5-14/h1-5H,6-13H2,(H,19,22)(H,20,21). The van der Waals surface area contributed by atoms with Gasteiger partial charge in [-0.3, -0.25) is 4.79 Å². The Kier molecular flexibility index (Phi) is 4.76. The first-order chi connectivity index (χ1) is 11.5. The molecule has 2 aliphatic rings. The summed E-state index contributed by atoms with van der Waals surface area (Å²) in [5, 5.41) is 12.2. The van der Waals surface area contributed by atoms with Crippen LogP contribution in [0.5, 0.6) is 0 Å². The van der Waals surface area contributed by atoms with Gasteiger partial charge < -0.3 is 19.9 Å². The number of aliphatic carboxylic acids is 1. The maximum Gasteiger partial charge on any atom is 0.407 e. The van der Waals surface area contributed by atoms with E-state index < -0.39 is 17.5 Å². The molecular formula is C18H23NO5. The van der Waals surface area contributed by atoms with Crippen LogP contribution in [0.3, 0.4) is 0 Å². The summed E-state index contributed by atoms with van der Waals surface area (Å²) >= 11 is 0. The van der Waals surface area contributed by atoms with E-state index in [2.05, 4.69) is 5.32 Å². The van der Waals surface area contributed by atoms with Gasteiger partial charge in [-0.25, -0.2) is 4.79 Å². The number of alkyl carbamates (subject to hydrolysis) is 1. The lowest BCUT2D eigenvalue weighted by Gasteiger charge is -2.55. The van der Waals surface area contributed by atoms with E-state index in [1.807, 2.05) is 30.3 Å². The molecule has 1 heterocycles. The van der Waals surface area contributed by atoms with Crippen molar-refractivity contribution in [2.75, 3.05) is 19.8 Å². The molecule has 0 bridgehead atoms. The van der Waals surface area contributed by atoms with Crippen molar-refractivity contribution >= 4 is 12.1 Å². The zero-order valence-corrected chi connectivity index (χ0v) is 13.6. The molecular weight excluding hydrogens is 310 g/mol. The summed E-state index contributed by atoms with van der Waals surface area (Å²) in [7, 11) is 0. The number of ether oxygens (including phenoxy) is 2. The molecule has 0 atom stereocenters. The van der Waals surface area contributed by atoms with Crippen LogP contribution in [0, 0.1) is 10.8 Å². The van der Waals surface area contributed by atoms with E-state index in [1.165, 1.54) is 0 Å². The van der Waals surface area contributed by atoms with E-state index >= 15 is 0 Å². The van der Waals surface area contributed by atoms with Gasteiger partial charge in [0.2, 0.25) is 0 Å². The summed E-state index contributed by atoms with van der Waals surface area (Å²) in [5.41, 5.74) is 0.0976. The Morgan fingerprint density at radius 2 is 1.83 bits per heavy atom. The maximum absolute atomic E-state index is 11.8. The zero-order valence-electron chi connectivity index (χ0n) is 13.6. The highest BCUT2D eigenvalue weighted by molar-refractivity contribution is 5.78. The van der Waals surface area contributed by atoms with Crippen molar-refractivity contribution < 1.29 is 24.2 Å². The number of benzene rings is 1. The Morgan fingerprint density at radius 1 is 1.17 bits per heavy atom. The van der Waals surface area contributed by atoms with Crippen LogP contribution >= 0.6 is 0 Å². The zero-order chi connectivity index (χ0) is 17.0. The first-order valence-corrected chi connectivity index (χ1v) is 8.29. The number of amides is 1. The number of rotatable bonds is 5. The van der Waals surface area contributed by atoms with Gasteiger partial charge in [0.15, 0.2) is 0 Å². The van der Waals surface area contributed by atoms with Crippen LogP contribution in [0.1, 0.15) is 31.2 Å². The first-order valence-electron chi connectivity index (χ1n) is 8.29. The quantitative estimate of drug-likeness (QED) is 0.865. The number of nitrogens with one attached hydrogen (secondary N) is 1. The summed E-state index contributed by atoms with van der Waals surface area (Å²) in [5.74, 6) is -0.844. The topological polar surface area (TPSA) is 84.9 Å². The smallest absolute Gasteiger partial charge is 0.407 e. The van der Waals surface area contributed by atoms with Gasteiger partial charge in [-0.15, -0.1) is 0 Å². The molecule has 24 heavy (non-hydrogen) atoms. The third-order valence-electron chi connectivity index (χ3n) is 5.22. The number of carboxylic acid groups (broad SMARTS) is 1. The molecule has 6 heteroatoms. The van der Waals surface area contributed by atoms with Gasteiger partial charge >= 0.3 is 12.1 Å². The molecule has 0 unspecified atom stereocenters. The second-order valence-electron chi connectivity index (χ2n) is 6.97. The lowest BCUT2D eigenvalue weighted by molar-refractivity contribution is -0.173. The second kappa shape index (κ2) is 6.81. The summed E-state index contributed by atoms with van der Waals surface area (Å²) in [6, 6.07) is 9.37. The highest BCUT2D eigenvalue weighted by Crippen LogP contribution is 2.59. The van der Waals surface area contributed by atoms with Gasteiger partial charge in [0, 0.05) is 19.8 Å². The molecule has 2 fully saturated rings. The molecule has 2 N–H and O–H groups in total. The largest absolute Gasteiger partial charge is 0.481 e. The van der Waals surface area contributed by atoms with Crippen LogP contribution < -0.4 is 5.32 Å². The van der Waals surface area contributed by atoms with E-state index in [9.17, 15) is 14.7 Å². The summed E-state index contributed by atoms with van der Waals surface area (Å²) in [6.07, 6.45) is 2.42. The number of hydrogen-bond donors (Lipinski definition) is 2. The van der Waals surface area contributed by atoms with Crippen molar-refractivity contribution in [3.63, 3.8) is 0 Å². The molecule has 0 radical (unpaired) electrons. The second-order valence-corrected chi connectivity index (χ2v) is 6.97. The van der Waals surface area contributed by atoms with E-state index in [-0.39, 0.29) is 18.6 Å². The third-order valence-corrected chi connectivity index (χ3v) is 5.22. The average Bonchev–Trinajstić information content (AvgIpc) is 2.57. The van der Waals surface area contributed by atoms with Gasteiger partial charge in [0.1, 0.15) is 6.61 Å². The first kappa shape index (κ1) is 16.8. The van der Waals surface area contributed by atoms with Crippen molar-refractivity contribution in [1.82, 2.24) is 5.32 Å². The Morgan fingerprint density at radius 3 is 2.46 bits per heavy atom. The average molecular weight is 333 g/mol. The van der Waals surface area contributed by atoms with Crippen LogP contribution in [0.2, 0.25) is 0 Å². The van der Waals surface area contributed by atoms with Gasteiger partial charge in [-0.2, -0.15) is 0 Å². The molecule has 130 valence electrons.